The summed E-state index contributed by atoms with van der Waals surface area (Å²) < 4.78 is 10.7. The fourth-order valence-electron chi connectivity index (χ4n) is 2.87. The van der Waals surface area contributed by atoms with Gasteiger partial charge in [-0.25, -0.2) is 4.79 Å². The fourth-order valence-corrected chi connectivity index (χ4v) is 2.87. The van der Waals surface area contributed by atoms with Gasteiger partial charge in [0.25, 0.3) is 5.69 Å². The second-order valence-electron chi connectivity index (χ2n) is 6.48. The Labute approximate surface area is 161 Å². The minimum absolute atomic E-state index is 0.0615. The predicted molar refractivity (Wildman–Crippen MR) is 102 cm³/mol. The van der Waals surface area contributed by atoms with Gasteiger partial charge >= 0.3 is 5.97 Å². The molecule has 144 valence electrons. The van der Waals surface area contributed by atoms with Crippen molar-refractivity contribution in [3.05, 3.63) is 86.9 Å². The first-order valence-electron chi connectivity index (χ1n) is 8.68. The summed E-state index contributed by atoms with van der Waals surface area (Å²) in [6.07, 6.45) is 1.29. The van der Waals surface area contributed by atoms with E-state index < -0.39 is 10.9 Å². The van der Waals surface area contributed by atoms with E-state index in [-0.39, 0.29) is 17.2 Å². The molecule has 7 nitrogen and oxygen atoms in total. The van der Waals surface area contributed by atoms with E-state index in [9.17, 15) is 20.0 Å². The van der Waals surface area contributed by atoms with Crippen molar-refractivity contribution in [2.45, 2.75) is 26.7 Å². The zero-order valence-electron chi connectivity index (χ0n) is 15.5. The number of hydrogen-bond acceptors (Lipinski definition) is 6. The Morgan fingerprint density at radius 2 is 1.71 bits per heavy atom. The Morgan fingerprint density at radius 3 is 2.32 bits per heavy atom. The Kier molecular flexibility index (Phi) is 5.44. The summed E-state index contributed by atoms with van der Waals surface area (Å²) in [5.41, 5.74) is 2.63. The monoisotopic (exact) mass is 381 g/mol. The molecule has 0 bridgehead atoms. The lowest BCUT2D eigenvalue weighted by atomic mass is 10.0. The maximum Gasteiger partial charge on any atom is 0.379 e. The van der Waals surface area contributed by atoms with Crippen molar-refractivity contribution in [3.63, 3.8) is 0 Å². The van der Waals surface area contributed by atoms with Gasteiger partial charge in [0.1, 0.15) is 17.3 Å². The minimum atomic E-state index is -0.670. The first kappa shape index (κ1) is 19.2. The Morgan fingerprint density at radius 1 is 1.07 bits per heavy atom. The van der Waals surface area contributed by atoms with Crippen molar-refractivity contribution in [1.29, 1.82) is 0 Å². The third-order valence-electron chi connectivity index (χ3n) is 4.33. The summed E-state index contributed by atoms with van der Waals surface area (Å²) in [5, 5.41) is 20.5. The number of aromatic hydroxyl groups is 1. The number of carbonyl (C=O) groups excluding carboxylic acids is 1. The van der Waals surface area contributed by atoms with E-state index in [0.717, 1.165) is 16.7 Å². The molecule has 0 aliphatic rings. The molecule has 0 atom stereocenters. The third kappa shape index (κ3) is 4.37. The lowest BCUT2D eigenvalue weighted by Crippen LogP contribution is -2.07. The number of carbonyl (C=O) groups is 1. The van der Waals surface area contributed by atoms with Gasteiger partial charge in [0.2, 0.25) is 5.76 Å². The maximum absolute atomic E-state index is 12.2. The van der Waals surface area contributed by atoms with Crippen LogP contribution < -0.4 is 4.74 Å². The summed E-state index contributed by atoms with van der Waals surface area (Å²) in [4.78, 5) is 22.3. The molecule has 0 aliphatic carbocycles. The van der Waals surface area contributed by atoms with E-state index in [1.165, 1.54) is 30.3 Å². The number of esters is 1. The highest BCUT2D eigenvalue weighted by Gasteiger charge is 2.15. The first-order chi connectivity index (χ1) is 13.3. The van der Waals surface area contributed by atoms with Crippen LogP contribution in [0, 0.1) is 24.0 Å². The third-order valence-corrected chi connectivity index (χ3v) is 4.33. The van der Waals surface area contributed by atoms with Crippen LogP contribution in [-0.4, -0.2) is 16.0 Å². The quantitative estimate of drug-likeness (QED) is 0.292. The van der Waals surface area contributed by atoms with Crippen molar-refractivity contribution < 1.29 is 24.0 Å². The van der Waals surface area contributed by atoms with Crippen LogP contribution in [0.5, 0.6) is 11.5 Å². The van der Waals surface area contributed by atoms with Crippen molar-refractivity contribution >= 4 is 11.7 Å². The van der Waals surface area contributed by atoms with Crippen molar-refractivity contribution in [1.82, 2.24) is 0 Å². The highest BCUT2D eigenvalue weighted by Crippen LogP contribution is 2.24. The number of ether oxygens (including phenoxy) is 1. The highest BCUT2D eigenvalue weighted by molar-refractivity contribution is 5.88. The molecule has 3 aromatic rings. The Hall–Kier alpha value is -3.61. The minimum Gasteiger partial charge on any atom is -0.507 e. The number of nitro benzene ring substituents is 1. The molecule has 0 aliphatic heterocycles. The average Bonchev–Trinajstić information content (AvgIpc) is 3.14. The van der Waals surface area contributed by atoms with Gasteiger partial charge in [-0.1, -0.05) is 12.1 Å². The molecule has 2 aromatic carbocycles. The van der Waals surface area contributed by atoms with E-state index in [2.05, 4.69) is 0 Å². The zero-order valence-corrected chi connectivity index (χ0v) is 15.5. The Bertz CT molecular complexity index is 997. The number of nitro groups is 1. The number of aryl methyl sites for hydroxylation is 4. The molecule has 1 heterocycles. The standard InChI is InChI=1S/C21H19NO6/c1-13-11-15(12-14(2)20(13)23)3-6-17-9-10-19(27-17)21(24)28-18-7-4-16(5-8-18)22(25)26/h4-5,7-12,23H,3,6H2,1-2H3. The van der Waals surface area contributed by atoms with Gasteiger partial charge in [-0.15, -0.1) is 0 Å². The molecule has 0 radical (unpaired) electrons. The summed E-state index contributed by atoms with van der Waals surface area (Å²) in [7, 11) is 0. The number of nitrogens with zero attached hydrogens (tertiary/aromatic N) is 1. The van der Waals surface area contributed by atoms with E-state index in [1.807, 2.05) is 26.0 Å². The molecule has 0 amide bonds. The van der Waals surface area contributed by atoms with Crippen molar-refractivity contribution in [2.24, 2.45) is 0 Å². The second kappa shape index (κ2) is 7.96. The lowest BCUT2D eigenvalue weighted by molar-refractivity contribution is -0.384. The van der Waals surface area contributed by atoms with Gasteiger partial charge in [0, 0.05) is 18.6 Å². The fraction of sp³-hybridized carbons (Fsp3) is 0.190. The summed E-state index contributed by atoms with van der Waals surface area (Å²) in [5.74, 6) is 0.531. The molecule has 3 rings (SSSR count). The number of phenols is 1. The predicted octanol–water partition coefficient (Wildman–Crippen LogP) is 4.51. The SMILES string of the molecule is Cc1cc(CCc2ccc(C(=O)Oc3ccc([N+](=O)[O-])cc3)o2)cc(C)c1O. The zero-order chi connectivity index (χ0) is 20.3. The van der Waals surface area contributed by atoms with Gasteiger partial charge in [-0.05, 0) is 61.2 Å². The Balaban J connectivity index is 1.61. The average molecular weight is 381 g/mol. The number of hydrogen-bond donors (Lipinski definition) is 1. The maximum atomic E-state index is 12.2. The van der Waals surface area contributed by atoms with Crippen molar-refractivity contribution in [3.8, 4) is 11.5 Å². The van der Waals surface area contributed by atoms with Crippen LogP contribution in [0.25, 0.3) is 0 Å². The van der Waals surface area contributed by atoms with E-state index >= 15 is 0 Å². The first-order valence-corrected chi connectivity index (χ1v) is 8.68. The number of rotatable bonds is 6. The molecule has 1 aromatic heterocycles. The summed E-state index contributed by atoms with van der Waals surface area (Å²) in [6.45, 7) is 3.70. The molecule has 1 N–H and O–H groups in total. The van der Waals surface area contributed by atoms with Gasteiger partial charge in [0.15, 0.2) is 0 Å². The molecule has 0 unspecified atom stereocenters. The molecule has 28 heavy (non-hydrogen) atoms. The number of benzene rings is 2. The second-order valence-corrected chi connectivity index (χ2v) is 6.48. The number of furan rings is 1. The highest BCUT2D eigenvalue weighted by atomic mass is 16.6. The van der Waals surface area contributed by atoms with Crippen LogP contribution in [0.15, 0.2) is 52.9 Å². The van der Waals surface area contributed by atoms with Gasteiger partial charge < -0.3 is 14.3 Å². The normalized spacial score (nSPS) is 10.6. The van der Waals surface area contributed by atoms with Crippen LogP contribution in [0.2, 0.25) is 0 Å². The van der Waals surface area contributed by atoms with E-state index in [1.54, 1.807) is 6.07 Å². The van der Waals surface area contributed by atoms with E-state index in [4.69, 9.17) is 9.15 Å². The molecule has 0 fully saturated rings. The van der Waals surface area contributed by atoms with Gasteiger partial charge in [0.05, 0.1) is 4.92 Å². The molecule has 0 saturated heterocycles. The van der Waals surface area contributed by atoms with Crippen LogP contribution in [0.3, 0.4) is 0 Å². The summed E-state index contributed by atoms with van der Waals surface area (Å²) in [6, 6.07) is 12.3. The topological polar surface area (TPSA) is 103 Å². The van der Waals surface area contributed by atoms with Crippen LogP contribution >= 0.6 is 0 Å². The molecule has 7 heteroatoms. The smallest absolute Gasteiger partial charge is 0.379 e. The van der Waals surface area contributed by atoms with Crippen molar-refractivity contribution in [2.75, 3.05) is 0 Å². The number of phenolic OH excluding ortho intramolecular Hbond substituents is 1. The van der Waals surface area contributed by atoms with Gasteiger partial charge in [-0.2, -0.15) is 0 Å². The molecular formula is C21H19NO6. The molecular weight excluding hydrogens is 362 g/mol. The van der Waals surface area contributed by atoms with Crippen LogP contribution in [0.1, 0.15) is 33.0 Å². The summed E-state index contributed by atoms with van der Waals surface area (Å²) >= 11 is 0. The van der Waals surface area contributed by atoms with Crippen LogP contribution in [-0.2, 0) is 12.8 Å². The molecule has 0 spiro atoms. The largest absolute Gasteiger partial charge is 0.507 e. The lowest BCUT2D eigenvalue weighted by Gasteiger charge is -2.07. The molecule has 0 saturated carbocycles. The van der Waals surface area contributed by atoms with Crippen LogP contribution in [0.4, 0.5) is 5.69 Å². The number of non-ortho nitro benzene ring substituents is 1. The van der Waals surface area contributed by atoms with E-state index in [0.29, 0.717) is 24.4 Å². The van der Waals surface area contributed by atoms with Gasteiger partial charge in [-0.3, -0.25) is 10.1 Å².